The molecular formula is C18H18N2O6. The molecule has 2 rings (SSSR count). The van der Waals surface area contributed by atoms with Gasteiger partial charge in [-0.15, -0.1) is 0 Å². The van der Waals surface area contributed by atoms with Crippen molar-refractivity contribution in [2.75, 3.05) is 18.6 Å². The van der Waals surface area contributed by atoms with Crippen molar-refractivity contribution in [3.05, 3.63) is 64.7 Å². The number of ether oxygens (including phenoxy) is 2. The van der Waals surface area contributed by atoms with Gasteiger partial charge in [-0.2, -0.15) is 0 Å². The number of benzene rings is 2. The number of likely N-dealkylation sites (N-methyl/N-ethyl adjacent to an activating group) is 1. The highest BCUT2D eigenvalue weighted by molar-refractivity contribution is 5.96. The molecule has 0 aromatic heterocycles. The Kier molecular flexibility index (Phi) is 6.26. The summed E-state index contributed by atoms with van der Waals surface area (Å²) in [6, 6.07) is 14.6. The molecule has 8 heteroatoms. The third kappa shape index (κ3) is 4.79. The molecule has 0 heterocycles. The molecule has 0 saturated carbocycles. The van der Waals surface area contributed by atoms with Crippen LogP contribution in [0.5, 0.6) is 5.75 Å². The van der Waals surface area contributed by atoms with E-state index in [1.165, 1.54) is 30.0 Å². The quantitative estimate of drug-likeness (QED) is 0.428. The number of rotatable bonds is 7. The average Bonchev–Trinajstić information content (AvgIpc) is 2.66. The molecular weight excluding hydrogens is 340 g/mol. The lowest BCUT2D eigenvalue weighted by atomic mass is 10.2. The predicted octanol–water partition coefficient (Wildman–Crippen LogP) is 2.57. The summed E-state index contributed by atoms with van der Waals surface area (Å²) in [6.45, 7) is 0.905. The van der Waals surface area contributed by atoms with Crippen molar-refractivity contribution < 1.29 is 24.0 Å². The van der Waals surface area contributed by atoms with E-state index in [1.54, 1.807) is 37.4 Å². The van der Waals surface area contributed by atoms with E-state index in [0.29, 0.717) is 5.69 Å². The van der Waals surface area contributed by atoms with E-state index in [0.717, 1.165) is 0 Å². The molecule has 0 bridgehead atoms. The van der Waals surface area contributed by atoms with Crippen molar-refractivity contribution in [2.24, 2.45) is 0 Å². The van der Waals surface area contributed by atoms with E-state index < -0.39 is 29.5 Å². The highest BCUT2D eigenvalue weighted by Crippen LogP contribution is 2.25. The van der Waals surface area contributed by atoms with Crippen molar-refractivity contribution in [1.82, 2.24) is 0 Å². The van der Waals surface area contributed by atoms with Gasteiger partial charge in [0, 0.05) is 18.8 Å². The first-order chi connectivity index (χ1) is 12.4. The van der Waals surface area contributed by atoms with Gasteiger partial charge in [-0.05, 0) is 25.1 Å². The second kappa shape index (κ2) is 8.61. The van der Waals surface area contributed by atoms with Gasteiger partial charge in [0.15, 0.2) is 18.5 Å². The van der Waals surface area contributed by atoms with E-state index in [-0.39, 0.29) is 11.4 Å². The second-order valence-corrected chi connectivity index (χ2v) is 5.38. The molecule has 0 aliphatic carbocycles. The van der Waals surface area contributed by atoms with Gasteiger partial charge in [0.1, 0.15) is 0 Å². The fourth-order valence-corrected chi connectivity index (χ4v) is 2.20. The number of carbonyl (C=O) groups excluding carboxylic acids is 2. The molecule has 1 atom stereocenters. The van der Waals surface area contributed by atoms with E-state index in [9.17, 15) is 19.7 Å². The molecule has 0 fully saturated rings. The predicted molar refractivity (Wildman–Crippen MR) is 94.0 cm³/mol. The number of nitrogens with zero attached hydrogens (tertiary/aromatic N) is 2. The molecule has 8 nitrogen and oxygen atoms in total. The molecule has 136 valence electrons. The number of esters is 1. The van der Waals surface area contributed by atoms with Crippen molar-refractivity contribution in [3.8, 4) is 5.75 Å². The lowest BCUT2D eigenvalue weighted by Crippen LogP contribution is -2.38. The molecule has 2 aromatic carbocycles. The minimum Gasteiger partial charge on any atom is -0.475 e. The van der Waals surface area contributed by atoms with Crippen LogP contribution in [0, 0.1) is 10.1 Å². The summed E-state index contributed by atoms with van der Waals surface area (Å²) in [5, 5.41) is 10.9. The fourth-order valence-electron chi connectivity index (χ4n) is 2.20. The van der Waals surface area contributed by atoms with E-state index in [2.05, 4.69) is 0 Å². The third-order valence-electron chi connectivity index (χ3n) is 3.54. The summed E-state index contributed by atoms with van der Waals surface area (Å²) < 4.78 is 10.2. The molecule has 0 unspecified atom stereocenters. The van der Waals surface area contributed by atoms with Crippen molar-refractivity contribution in [3.63, 3.8) is 0 Å². The summed E-state index contributed by atoms with van der Waals surface area (Å²) in [6.07, 6.45) is -1.03. The molecule has 0 aliphatic heterocycles. The molecule has 0 aliphatic rings. The Hall–Kier alpha value is -3.42. The summed E-state index contributed by atoms with van der Waals surface area (Å²) >= 11 is 0. The molecule has 0 spiro atoms. The van der Waals surface area contributed by atoms with Gasteiger partial charge in [0.05, 0.1) is 4.92 Å². The second-order valence-electron chi connectivity index (χ2n) is 5.38. The number of amides is 1. The zero-order valence-corrected chi connectivity index (χ0v) is 14.3. The summed E-state index contributed by atoms with van der Waals surface area (Å²) in [5.41, 5.74) is 0.407. The summed E-state index contributed by atoms with van der Waals surface area (Å²) in [4.78, 5) is 35.9. The Morgan fingerprint density at radius 2 is 1.73 bits per heavy atom. The van der Waals surface area contributed by atoms with Crippen LogP contribution in [0.2, 0.25) is 0 Å². The van der Waals surface area contributed by atoms with E-state index in [4.69, 9.17) is 9.47 Å². The van der Waals surface area contributed by atoms with E-state index in [1.807, 2.05) is 6.07 Å². The number of hydrogen-bond donors (Lipinski definition) is 0. The molecule has 26 heavy (non-hydrogen) atoms. The third-order valence-corrected chi connectivity index (χ3v) is 3.54. The number of para-hydroxylation sites is 3. The van der Waals surface area contributed by atoms with Crippen LogP contribution in [0.15, 0.2) is 54.6 Å². The SMILES string of the molecule is C[C@H](OC(=O)COc1ccccc1[N+](=O)[O-])C(=O)N(C)c1ccccc1. The Bertz CT molecular complexity index is 793. The highest BCUT2D eigenvalue weighted by Gasteiger charge is 2.23. The van der Waals surface area contributed by atoms with Crippen LogP contribution in [-0.2, 0) is 14.3 Å². The molecule has 0 saturated heterocycles. The van der Waals surface area contributed by atoms with Gasteiger partial charge in [0.2, 0.25) is 0 Å². The van der Waals surface area contributed by atoms with Gasteiger partial charge in [0.25, 0.3) is 5.91 Å². The average molecular weight is 358 g/mol. The summed E-state index contributed by atoms with van der Waals surface area (Å²) in [5.74, 6) is -1.25. The number of anilines is 1. The molecule has 1 amide bonds. The van der Waals surface area contributed by atoms with Crippen molar-refractivity contribution in [2.45, 2.75) is 13.0 Å². The number of nitro groups is 1. The van der Waals surface area contributed by atoms with Gasteiger partial charge in [-0.1, -0.05) is 30.3 Å². The Morgan fingerprint density at radius 3 is 2.38 bits per heavy atom. The zero-order valence-electron chi connectivity index (χ0n) is 14.3. The Balaban J connectivity index is 1.91. The number of nitro benzene ring substituents is 1. The Labute approximate surface area is 150 Å². The first-order valence-corrected chi connectivity index (χ1v) is 7.78. The summed E-state index contributed by atoms with van der Waals surface area (Å²) in [7, 11) is 1.58. The van der Waals surface area contributed by atoms with Crippen LogP contribution >= 0.6 is 0 Å². The smallest absolute Gasteiger partial charge is 0.344 e. The maximum absolute atomic E-state index is 12.3. The maximum Gasteiger partial charge on any atom is 0.344 e. The van der Waals surface area contributed by atoms with Crippen molar-refractivity contribution in [1.29, 1.82) is 0 Å². The van der Waals surface area contributed by atoms with Crippen LogP contribution in [0.4, 0.5) is 11.4 Å². The monoisotopic (exact) mass is 358 g/mol. The maximum atomic E-state index is 12.3. The largest absolute Gasteiger partial charge is 0.475 e. The van der Waals surface area contributed by atoms with E-state index >= 15 is 0 Å². The van der Waals surface area contributed by atoms with Crippen LogP contribution in [0.1, 0.15) is 6.92 Å². The van der Waals surface area contributed by atoms with Crippen LogP contribution in [0.3, 0.4) is 0 Å². The fraction of sp³-hybridized carbons (Fsp3) is 0.222. The van der Waals surface area contributed by atoms with Crippen LogP contribution in [0.25, 0.3) is 0 Å². The minimum absolute atomic E-state index is 0.0465. The molecule has 0 radical (unpaired) electrons. The van der Waals surface area contributed by atoms with Crippen LogP contribution in [-0.4, -0.2) is 36.6 Å². The Morgan fingerprint density at radius 1 is 1.12 bits per heavy atom. The highest BCUT2D eigenvalue weighted by atomic mass is 16.6. The first-order valence-electron chi connectivity index (χ1n) is 7.78. The van der Waals surface area contributed by atoms with Crippen LogP contribution < -0.4 is 9.64 Å². The number of carbonyl (C=O) groups is 2. The first kappa shape index (κ1) is 18.9. The van der Waals surface area contributed by atoms with Gasteiger partial charge >= 0.3 is 11.7 Å². The minimum atomic E-state index is -1.03. The molecule has 0 N–H and O–H groups in total. The molecule has 2 aromatic rings. The lowest BCUT2D eigenvalue weighted by Gasteiger charge is -2.21. The standard InChI is InChI=1S/C18H18N2O6/c1-13(18(22)19(2)14-8-4-3-5-9-14)26-17(21)12-25-16-11-7-6-10-15(16)20(23)24/h3-11,13H,12H2,1-2H3/t13-/m0/s1. The normalized spacial score (nSPS) is 11.3. The number of hydrogen-bond acceptors (Lipinski definition) is 6. The zero-order chi connectivity index (χ0) is 19.1. The van der Waals surface area contributed by atoms with Gasteiger partial charge < -0.3 is 14.4 Å². The van der Waals surface area contributed by atoms with Crippen molar-refractivity contribution >= 4 is 23.3 Å². The van der Waals surface area contributed by atoms with Gasteiger partial charge in [-0.3, -0.25) is 14.9 Å². The lowest BCUT2D eigenvalue weighted by molar-refractivity contribution is -0.385. The topological polar surface area (TPSA) is 99.0 Å². The van der Waals surface area contributed by atoms with Gasteiger partial charge in [-0.25, -0.2) is 4.79 Å².